The van der Waals surface area contributed by atoms with Crippen LogP contribution in [0.25, 0.3) is 16.9 Å². The minimum absolute atomic E-state index is 0.411. The van der Waals surface area contributed by atoms with Crippen LogP contribution in [-0.2, 0) is 0 Å². The van der Waals surface area contributed by atoms with Crippen LogP contribution in [0.5, 0.6) is 0 Å². The number of rotatable bonds is 1. The van der Waals surface area contributed by atoms with Crippen molar-refractivity contribution in [2.75, 3.05) is 11.5 Å². The molecular formula is C12H11N5. The molecule has 4 N–H and O–H groups in total. The van der Waals surface area contributed by atoms with Crippen molar-refractivity contribution in [1.82, 2.24) is 14.6 Å². The number of benzene rings is 1. The van der Waals surface area contributed by atoms with Gasteiger partial charge in [0.15, 0.2) is 5.65 Å². The van der Waals surface area contributed by atoms with Gasteiger partial charge in [0, 0.05) is 17.7 Å². The lowest BCUT2D eigenvalue weighted by atomic mass is 10.1. The minimum Gasteiger partial charge on any atom is -0.384 e. The second-order valence-electron chi connectivity index (χ2n) is 3.77. The molecule has 84 valence electrons. The molecule has 1 aromatic carbocycles. The van der Waals surface area contributed by atoms with Crippen molar-refractivity contribution in [3.05, 3.63) is 42.5 Å². The quantitative estimate of drug-likeness (QED) is 0.658. The fourth-order valence-electron chi connectivity index (χ4n) is 1.77. The lowest BCUT2D eigenvalue weighted by molar-refractivity contribution is 0.959. The molecular weight excluding hydrogens is 214 g/mol. The average Bonchev–Trinajstić information content (AvgIpc) is 2.71. The smallest absolute Gasteiger partial charge is 0.160 e. The van der Waals surface area contributed by atoms with Crippen LogP contribution in [0.2, 0.25) is 0 Å². The van der Waals surface area contributed by atoms with E-state index in [0.717, 1.165) is 11.3 Å². The third kappa shape index (κ3) is 1.57. The van der Waals surface area contributed by atoms with Gasteiger partial charge in [-0.15, -0.1) is 5.10 Å². The number of fused-ring (bicyclic) bond motifs is 1. The van der Waals surface area contributed by atoms with E-state index in [9.17, 15) is 0 Å². The van der Waals surface area contributed by atoms with Gasteiger partial charge >= 0.3 is 0 Å². The van der Waals surface area contributed by atoms with Gasteiger partial charge in [-0.2, -0.15) is 4.52 Å². The minimum atomic E-state index is 0.411. The lowest BCUT2D eigenvalue weighted by Crippen LogP contribution is -2.01. The molecule has 5 heteroatoms. The van der Waals surface area contributed by atoms with E-state index in [4.69, 9.17) is 11.5 Å². The molecule has 0 aliphatic heterocycles. The van der Waals surface area contributed by atoms with Crippen molar-refractivity contribution in [2.45, 2.75) is 0 Å². The van der Waals surface area contributed by atoms with Crippen LogP contribution in [0.15, 0.2) is 42.5 Å². The first kappa shape index (κ1) is 9.65. The monoisotopic (exact) mass is 225 g/mol. The van der Waals surface area contributed by atoms with Crippen molar-refractivity contribution in [1.29, 1.82) is 0 Å². The second-order valence-corrected chi connectivity index (χ2v) is 3.77. The summed E-state index contributed by atoms with van der Waals surface area (Å²) in [4.78, 5) is 4.47. The summed E-state index contributed by atoms with van der Waals surface area (Å²) in [6, 6.07) is 13.3. The maximum Gasteiger partial charge on any atom is 0.160 e. The number of nitrogens with two attached hydrogens (primary N) is 2. The standard InChI is InChI=1S/C12H11N5/c13-10-7-12-15-9(6-11(14)17(12)16-10)8-4-2-1-3-5-8/h1-7H,14H2,(H2,13,16). The number of nitrogens with zero attached hydrogens (tertiary/aromatic N) is 3. The summed E-state index contributed by atoms with van der Waals surface area (Å²) in [6.07, 6.45) is 0. The summed E-state index contributed by atoms with van der Waals surface area (Å²) in [6.45, 7) is 0. The van der Waals surface area contributed by atoms with E-state index in [0.29, 0.717) is 17.3 Å². The first-order valence-corrected chi connectivity index (χ1v) is 5.21. The molecule has 2 heterocycles. The number of aromatic nitrogens is 3. The molecule has 0 spiro atoms. The van der Waals surface area contributed by atoms with Crippen LogP contribution in [-0.4, -0.2) is 14.6 Å². The van der Waals surface area contributed by atoms with Gasteiger partial charge < -0.3 is 11.5 Å². The topological polar surface area (TPSA) is 82.2 Å². The zero-order valence-electron chi connectivity index (χ0n) is 9.04. The Kier molecular flexibility index (Phi) is 1.98. The molecule has 0 fully saturated rings. The van der Waals surface area contributed by atoms with Gasteiger partial charge in [-0.05, 0) is 0 Å². The van der Waals surface area contributed by atoms with Gasteiger partial charge in [0.2, 0.25) is 0 Å². The highest BCUT2D eigenvalue weighted by atomic mass is 15.3. The van der Waals surface area contributed by atoms with Crippen molar-refractivity contribution in [3.63, 3.8) is 0 Å². The predicted molar refractivity (Wildman–Crippen MR) is 67.2 cm³/mol. The molecule has 2 aromatic heterocycles. The molecule has 3 aromatic rings. The van der Waals surface area contributed by atoms with E-state index >= 15 is 0 Å². The lowest BCUT2D eigenvalue weighted by Gasteiger charge is -2.03. The Morgan fingerprint density at radius 2 is 1.76 bits per heavy atom. The van der Waals surface area contributed by atoms with Gasteiger partial charge in [-0.3, -0.25) is 0 Å². The van der Waals surface area contributed by atoms with Crippen LogP contribution in [0.1, 0.15) is 0 Å². The van der Waals surface area contributed by atoms with Gasteiger partial charge in [0.25, 0.3) is 0 Å². The molecule has 3 rings (SSSR count). The second kappa shape index (κ2) is 3.48. The summed E-state index contributed by atoms with van der Waals surface area (Å²) >= 11 is 0. The molecule has 0 atom stereocenters. The normalized spacial score (nSPS) is 10.8. The van der Waals surface area contributed by atoms with Crippen molar-refractivity contribution in [3.8, 4) is 11.3 Å². The average molecular weight is 225 g/mol. The summed E-state index contributed by atoms with van der Waals surface area (Å²) in [5.74, 6) is 0.931. The Hall–Kier alpha value is -2.56. The van der Waals surface area contributed by atoms with Crippen molar-refractivity contribution in [2.24, 2.45) is 0 Å². The van der Waals surface area contributed by atoms with Gasteiger partial charge in [-0.1, -0.05) is 30.3 Å². The third-order valence-electron chi connectivity index (χ3n) is 2.54. The molecule has 0 aliphatic rings. The number of nitrogen functional groups attached to an aromatic ring is 2. The number of hydrogen-bond acceptors (Lipinski definition) is 4. The highest BCUT2D eigenvalue weighted by Crippen LogP contribution is 2.21. The molecule has 5 nitrogen and oxygen atoms in total. The third-order valence-corrected chi connectivity index (χ3v) is 2.54. The first-order chi connectivity index (χ1) is 8.24. The van der Waals surface area contributed by atoms with Gasteiger partial charge in [-0.25, -0.2) is 4.98 Å². The first-order valence-electron chi connectivity index (χ1n) is 5.21. The molecule has 0 amide bonds. The predicted octanol–water partition coefficient (Wildman–Crippen LogP) is 1.56. The maximum atomic E-state index is 5.91. The van der Waals surface area contributed by atoms with E-state index in [1.54, 1.807) is 12.1 Å². The largest absolute Gasteiger partial charge is 0.384 e. The molecule has 0 unspecified atom stereocenters. The van der Waals surface area contributed by atoms with Crippen LogP contribution in [0.4, 0.5) is 11.6 Å². The Balaban J connectivity index is 2.25. The Morgan fingerprint density at radius 3 is 2.53 bits per heavy atom. The molecule has 17 heavy (non-hydrogen) atoms. The van der Waals surface area contributed by atoms with Crippen molar-refractivity contribution >= 4 is 17.3 Å². The van der Waals surface area contributed by atoms with E-state index in [1.807, 2.05) is 30.3 Å². The highest BCUT2D eigenvalue weighted by Gasteiger charge is 2.07. The molecule has 0 saturated carbocycles. The number of hydrogen-bond donors (Lipinski definition) is 2. The van der Waals surface area contributed by atoms with Crippen molar-refractivity contribution < 1.29 is 0 Å². The Morgan fingerprint density at radius 1 is 1.00 bits per heavy atom. The SMILES string of the molecule is Nc1cc2nc(-c3ccccc3)cc(N)n2n1. The van der Waals surface area contributed by atoms with Crippen LogP contribution >= 0.6 is 0 Å². The summed E-state index contributed by atoms with van der Waals surface area (Å²) in [5, 5.41) is 4.05. The van der Waals surface area contributed by atoms with Gasteiger partial charge in [0.05, 0.1) is 5.69 Å². The molecule has 0 saturated heterocycles. The number of anilines is 2. The van der Waals surface area contributed by atoms with E-state index < -0.39 is 0 Å². The summed E-state index contributed by atoms with van der Waals surface area (Å²) in [7, 11) is 0. The summed E-state index contributed by atoms with van der Waals surface area (Å²) < 4.78 is 1.53. The van der Waals surface area contributed by atoms with Crippen LogP contribution in [0, 0.1) is 0 Å². The molecule has 0 radical (unpaired) electrons. The zero-order valence-corrected chi connectivity index (χ0v) is 9.04. The molecule has 0 aliphatic carbocycles. The zero-order chi connectivity index (χ0) is 11.8. The fourth-order valence-corrected chi connectivity index (χ4v) is 1.77. The van der Waals surface area contributed by atoms with Gasteiger partial charge in [0.1, 0.15) is 11.6 Å². The maximum absolute atomic E-state index is 5.91. The van der Waals surface area contributed by atoms with E-state index in [-0.39, 0.29) is 0 Å². The fraction of sp³-hybridized carbons (Fsp3) is 0. The van der Waals surface area contributed by atoms with E-state index in [1.165, 1.54) is 4.52 Å². The van der Waals surface area contributed by atoms with E-state index in [2.05, 4.69) is 10.1 Å². The molecule has 0 bridgehead atoms. The Labute approximate surface area is 97.7 Å². The Bertz CT molecular complexity index is 672. The highest BCUT2D eigenvalue weighted by molar-refractivity contribution is 5.66. The van der Waals surface area contributed by atoms with Crippen LogP contribution < -0.4 is 11.5 Å². The summed E-state index contributed by atoms with van der Waals surface area (Å²) in [5.41, 5.74) is 14.0. The van der Waals surface area contributed by atoms with Crippen LogP contribution in [0.3, 0.4) is 0 Å².